The molecule has 18 heavy (non-hydrogen) atoms. The van der Waals surface area contributed by atoms with Gasteiger partial charge in [0.15, 0.2) is 5.78 Å². The van der Waals surface area contributed by atoms with Crippen molar-refractivity contribution in [2.45, 2.75) is 71.8 Å². The molecular weight excluding hydrogens is 222 g/mol. The molecule has 3 atom stereocenters. The zero-order valence-corrected chi connectivity index (χ0v) is 12.4. The molecule has 3 aliphatic heterocycles. The number of unbranched alkanes of at least 4 members (excludes halogenated alkanes) is 2. The molecule has 3 fully saturated rings. The number of piperidine rings is 3. The van der Waals surface area contributed by atoms with Crippen LogP contribution >= 0.6 is 0 Å². The van der Waals surface area contributed by atoms with E-state index in [-0.39, 0.29) is 6.04 Å². The minimum absolute atomic E-state index is 0.195. The van der Waals surface area contributed by atoms with Crippen LogP contribution in [-0.4, -0.2) is 29.8 Å². The van der Waals surface area contributed by atoms with Gasteiger partial charge >= 0.3 is 0 Å². The maximum absolute atomic E-state index is 12.5. The highest BCUT2D eigenvalue weighted by molar-refractivity contribution is 5.88. The van der Waals surface area contributed by atoms with Crippen molar-refractivity contribution >= 4 is 5.78 Å². The lowest BCUT2D eigenvalue weighted by molar-refractivity contribution is -0.151. The van der Waals surface area contributed by atoms with Crippen LogP contribution in [0.3, 0.4) is 0 Å². The van der Waals surface area contributed by atoms with Crippen molar-refractivity contribution in [3.8, 4) is 0 Å². The summed E-state index contributed by atoms with van der Waals surface area (Å²) < 4.78 is 0. The van der Waals surface area contributed by atoms with Crippen molar-refractivity contribution in [1.29, 1.82) is 0 Å². The van der Waals surface area contributed by atoms with E-state index in [0.29, 0.717) is 17.1 Å². The molecule has 104 valence electrons. The van der Waals surface area contributed by atoms with Crippen LogP contribution in [-0.2, 0) is 4.79 Å². The van der Waals surface area contributed by atoms with E-state index in [1.165, 1.54) is 45.1 Å². The van der Waals surface area contributed by atoms with Gasteiger partial charge in [-0.2, -0.15) is 0 Å². The second-order valence-corrected chi connectivity index (χ2v) is 6.46. The standard InChI is InChI=1S/C16H29NO/c1-4-6-9-16(10-7-5-2)12-17-11-8-14(16)15(18)13(17)3/h13-14H,4-12H2,1-3H3. The molecule has 3 rings (SSSR count). The Morgan fingerprint density at radius 1 is 1.22 bits per heavy atom. The Kier molecular flexibility index (Phi) is 4.47. The van der Waals surface area contributed by atoms with Crippen LogP contribution < -0.4 is 0 Å². The summed E-state index contributed by atoms with van der Waals surface area (Å²) in [7, 11) is 0. The number of hydrogen-bond donors (Lipinski definition) is 0. The quantitative estimate of drug-likeness (QED) is 0.718. The lowest BCUT2D eigenvalue weighted by Gasteiger charge is -2.55. The molecule has 3 unspecified atom stereocenters. The zero-order valence-electron chi connectivity index (χ0n) is 12.4. The Balaban J connectivity index is 2.16. The van der Waals surface area contributed by atoms with Gasteiger partial charge < -0.3 is 0 Å². The second-order valence-electron chi connectivity index (χ2n) is 6.46. The van der Waals surface area contributed by atoms with Crippen molar-refractivity contribution in [2.24, 2.45) is 11.3 Å². The molecule has 0 saturated carbocycles. The van der Waals surface area contributed by atoms with E-state index >= 15 is 0 Å². The lowest BCUT2D eigenvalue weighted by Crippen LogP contribution is -2.63. The summed E-state index contributed by atoms with van der Waals surface area (Å²) in [6.45, 7) is 8.97. The predicted octanol–water partition coefficient (Wildman–Crippen LogP) is 3.65. The Morgan fingerprint density at radius 3 is 2.33 bits per heavy atom. The van der Waals surface area contributed by atoms with Crippen molar-refractivity contribution in [1.82, 2.24) is 4.90 Å². The molecule has 3 saturated heterocycles. The number of carbonyl (C=O) groups is 1. The van der Waals surface area contributed by atoms with Gasteiger partial charge in [-0.05, 0) is 38.1 Å². The molecule has 0 amide bonds. The summed E-state index contributed by atoms with van der Waals surface area (Å²) in [5.41, 5.74) is 0.327. The summed E-state index contributed by atoms with van der Waals surface area (Å²) >= 11 is 0. The van der Waals surface area contributed by atoms with Gasteiger partial charge in [-0.15, -0.1) is 0 Å². The molecule has 2 bridgehead atoms. The Morgan fingerprint density at radius 2 is 1.83 bits per heavy atom. The monoisotopic (exact) mass is 251 g/mol. The Bertz CT molecular complexity index is 291. The highest BCUT2D eigenvalue weighted by Crippen LogP contribution is 2.49. The lowest BCUT2D eigenvalue weighted by atomic mass is 9.60. The van der Waals surface area contributed by atoms with Crippen molar-refractivity contribution in [2.75, 3.05) is 13.1 Å². The summed E-state index contributed by atoms with van der Waals surface area (Å²) in [5, 5.41) is 0. The summed E-state index contributed by atoms with van der Waals surface area (Å²) in [5.74, 6) is 0.912. The van der Waals surface area contributed by atoms with E-state index in [4.69, 9.17) is 0 Å². The highest BCUT2D eigenvalue weighted by Gasteiger charge is 2.52. The van der Waals surface area contributed by atoms with E-state index in [1.54, 1.807) is 0 Å². The molecule has 2 heteroatoms. The third-order valence-corrected chi connectivity index (χ3v) is 5.32. The summed E-state index contributed by atoms with van der Waals surface area (Å²) in [4.78, 5) is 14.9. The van der Waals surface area contributed by atoms with Crippen LogP contribution in [0.25, 0.3) is 0 Å². The minimum atomic E-state index is 0.195. The van der Waals surface area contributed by atoms with Crippen molar-refractivity contribution in [3.05, 3.63) is 0 Å². The number of nitrogens with zero attached hydrogens (tertiary/aromatic N) is 1. The van der Waals surface area contributed by atoms with E-state index in [0.717, 1.165) is 13.0 Å². The molecule has 0 aromatic rings. The first kappa shape index (κ1) is 14.0. The maximum Gasteiger partial charge on any atom is 0.153 e. The third kappa shape index (κ3) is 2.36. The van der Waals surface area contributed by atoms with E-state index < -0.39 is 0 Å². The number of carbonyl (C=O) groups excluding carboxylic acids is 1. The van der Waals surface area contributed by atoms with Gasteiger partial charge in [-0.25, -0.2) is 0 Å². The third-order valence-electron chi connectivity index (χ3n) is 5.32. The number of hydrogen-bond acceptors (Lipinski definition) is 2. The maximum atomic E-state index is 12.5. The van der Waals surface area contributed by atoms with Crippen LogP contribution in [0.1, 0.15) is 65.7 Å². The van der Waals surface area contributed by atoms with E-state index in [2.05, 4.69) is 25.7 Å². The van der Waals surface area contributed by atoms with Crippen molar-refractivity contribution < 1.29 is 4.79 Å². The zero-order chi connectivity index (χ0) is 13.2. The van der Waals surface area contributed by atoms with Gasteiger partial charge in [0.25, 0.3) is 0 Å². The molecule has 0 aromatic carbocycles. The number of Topliss-reactive ketones (excluding diaryl/α,β-unsaturated/α-hetero) is 1. The van der Waals surface area contributed by atoms with Crippen LogP contribution in [0.4, 0.5) is 0 Å². The van der Waals surface area contributed by atoms with E-state index in [9.17, 15) is 4.79 Å². The molecule has 0 radical (unpaired) electrons. The molecule has 0 N–H and O–H groups in total. The smallest absolute Gasteiger partial charge is 0.153 e. The fraction of sp³-hybridized carbons (Fsp3) is 0.938. The van der Waals surface area contributed by atoms with Crippen LogP contribution in [0.15, 0.2) is 0 Å². The molecule has 2 nitrogen and oxygen atoms in total. The first-order chi connectivity index (χ1) is 8.64. The largest absolute Gasteiger partial charge is 0.298 e. The van der Waals surface area contributed by atoms with Gasteiger partial charge in [0.2, 0.25) is 0 Å². The topological polar surface area (TPSA) is 20.3 Å². The molecule has 0 spiro atoms. The van der Waals surface area contributed by atoms with Gasteiger partial charge in [0, 0.05) is 12.5 Å². The van der Waals surface area contributed by atoms with Gasteiger partial charge in [0.05, 0.1) is 6.04 Å². The Hall–Kier alpha value is -0.370. The van der Waals surface area contributed by atoms with Crippen molar-refractivity contribution in [3.63, 3.8) is 0 Å². The summed E-state index contributed by atoms with van der Waals surface area (Å²) in [6, 6.07) is 0.195. The molecule has 3 aliphatic rings. The number of fused-ring (bicyclic) bond motifs is 3. The molecule has 0 aromatic heterocycles. The van der Waals surface area contributed by atoms with Gasteiger partial charge in [-0.1, -0.05) is 39.5 Å². The van der Waals surface area contributed by atoms with Gasteiger partial charge in [0.1, 0.15) is 0 Å². The van der Waals surface area contributed by atoms with Crippen LogP contribution in [0.5, 0.6) is 0 Å². The Labute approximate surface area is 112 Å². The predicted molar refractivity (Wildman–Crippen MR) is 75.6 cm³/mol. The first-order valence-corrected chi connectivity index (χ1v) is 7.92. The van der Waals surface area contributed by atoms with Crippen LogP contribution in [0.2, 0.25) is 0 Å². The number of rotatable bonds is 6. The SMILES string of the molecule is CCCCC1(CCCC)CN2CCC1C(=O)C2C. The average molecular weight is 251 g/mol. The second kappa shape index (κ2) is 5.73. The normalized spacial score (nSPS) is 33.9. The fourth-order valence-electron chi connectivity index (χ4n) is 4.13. The van der Waals surface area contributed by atoms with Gasteiger partial charge in [-0.3, -0.25) is 9.69 Å². The molecular formula is C16H29NO. The first-order valence-electron chi connectivity index (χ1n) is 7.92. The molecule has 3 heterocycles. The minimum Gasteiger partial charge on any atom is -0.298 e. The van der Waals surface area contributed by atoms with E-state index in [1.807, 2.05) is 0 Å². The average Bonchev–Trinajstić information content (AvgIpc) is 2.40. The fourth-order valence-corrected chi connectivity index (χ4v) is 4.13. The summed E-state index contributed by atoms with van der Waals surface area (Å²) in [6.07, 6.45) is 8.74. The number of ketones is 1. The highest BCUT2D eigenvalue weighted by atomic mass is 16.1. The van der Waals surface area contributed by atoms with Crippen LogP contribution in [0, 0.1) is 11.3 Å². The molecule has 0 aliphatic carbocycles.